The molecule has 0 radical (unpaired) electrons. The maximum atomic E-state index is 13.2. The summed E-state index contributed by atoms with van der Waals surface area (Å²) in [5.41, 5.74) is 2.96. The molecule has 5 rings (SSSR count). The molecule has 0 saturated heterocycles. The number of hydrogen-bond donors (Lipinski definition) is 3. The maximum Gasteiger partial charge on any atom is 0.322 e. The molecular formula is C22H17N8O4-. The van der Waals surface area contributed by atoms with E-state index in [1.807, 2.05) is 6.07 Å². The van der Waals surface area contributed by atoms with E-state index >= 15 is 0 Å². The first-order chi connectivity index (χ1) is 16.5. The number of aromatic amines is 1. The number of nitrogens with zero attached hydrogens (tertiary/aromatic N) is 6. The molecule has 0 fully saturated rings. The molecule has 0 aliphatic carbocycles. The first kappa shape index (κ1) is 21.1. The molecule has 2 aromatic heterocycles. The third-order valence-electron chi connectivity index (χ3n) is 5.45. The summed E-state index contributed by atoms with van der Waals surface area (Å²) < 4.78 is 5.50. The van der Waals surface area contributed by atoms with Crippen LogP contribution in [0.25, 0.3) is 11.4 Å². The molecule has 3 N–H and O–H groups in total. The first-order valence-electron chi connectivity index (χ1n) is 10.2. The van der Waals surface area contributed by atoms with E-state index in [1.54, 1.807) is 47.6 Å². The summed E-state index contributed by atoms with van der Waals surface area (Å²) in [5.74, 6) is 0.395. The van der Waals surface area contributed by atoms with Crippen molar-refractivity contribution in [3.8, 4) is 17.5 Å². The van der Waals surface area contributed by atoms with Crippen molar-refractivity contribution in [2.24, 2.45) is 0 Å². The van der Waals surface area contributed by atoms with Crippen LogP contribution in [0.1, 0.15) is 28.9 Å². The lowest BCUT2D eigenvalue weighted by molar-refractivity contribution is 0.155. The number of carbonyl (C=O) groups excluding carboxylic acids is 1. The summed E-state index contributed by atoms with van der Waals surface area (Å²) in [5, 5.41) is 36.0. The van der Waals surface area contributed by atoms with Gasteiger partial charge in [0.1, 0.15) is 6.04 Å². The molecule has 0 bridgehead atoms. The van der Waals surface area contributed by atoms with Gasteiger partial charge in [-0.1, -0.05) is 23.4 Å². The number of benzene rings is 2. The van der Waals surface area contributed by atoms with Crippen LogP contribution in [0.5, 0.6) is 0 Å². The molecular weight excluding hydrogens is 440 g/mol. The Bertz CT molecular complexity index is 1390. The average molecular weight is 457 g/mol. The highest BCUT2D eigenvalue weighted by atomic mass is 16.8. The Morgan fingerprint density at radius 2 is 2.18 bits per heavy atom. The van der Waals surface area contributed by atoms with Gasteiger partial charge in [0.05, 0.1) is 41.6 Å². The van der Waals surface area contributed by atoms with E-state index in [9.17, 15) is 10.0 Å². The van der Waals surface area contributed by atoms with Gasteiger partial charge in [0.2, 0.25) is 11.7 Å². The van der Waals surface area contributed by atoms with Crippen molar-refractivity contribution >= 4 is 17.4 Å². The van der Waals surface area contributed by atoms with Crippen molar-refractivity contribution in [1.82, 2.24) is 25.0 Å². The molecule has 0 saturated carbocycles. The highest BCUT2D eigenvalue weighted by Crippen LogP contribution is 2.33. The molecule has 12 nitrogen and oxygen atoms in total. The lowest BCUT2D eigenvalue weighted by atomic mass is 10.0. The Labute approximate surface area is 192 Å². The fraction of sp³-hybridized carbons (Fsp3) is 0.136. The quantitative estimate of drug-likeness (QED) is 0.389. The zero-order valence-electron chi connectivity index (χ0n) is 17.5. The van der Waals surface area contributed by atoms with Crippen LogP contribution in [-0.2, 0) is 13.0 Å². The minimum Gasteiger partial charge on any atom is -0.733 e. The zero-order valence-corrected chi connectivity index (χ0v) is 17.5. The first-order valence-corrected chi connectivity index (χ1v) is 10.2. The molecule has 12 heteroatoms. The van der Waals surface area contributed by atoms with Gasteiger partial charge in [-0.05, 0) is 30.3 Å². The van der Waals surface area contributed by atoms with E-state index in [0.717, 1.165) is 11.4 Å². The average Bonchev–Trinajstić information content (AvgIpc) is 3.53. The Hall–Kier alpha value is -4.73. The molecule has 4 aromatic rings. The molecule has 34 heavy (non-hydrogen) atoms. The molecule has 0 unspecified atom stereocenters. The van der Waals surface area contributed by atoms with Crippen molar-refractivity contribution in [2.45, 2.75) is 19.0 Å². The minimum absolute atomic E-state index is 0.0169. The second-order valence-electron chi connectivity index (χ2n) is 7.58. The number of anilines is 2. The predicted molar refractivity (Wildman–Crippen MR) is 118 cm³/mol. The second kappa shape index (κ2) is 8.66. The molecule has 0 spiro atoms. The van der Waals surface area contributed by atoms with Crippen LogP contribution in [0.4, 0.5) is 16.2 Å². The van der Waals surface area contributed by atoms with E-state index in [-0.39, 0.29) is 29.2 Å². The third-order valence-corrected chi connectivity index (χ3v) is 5.45. The van der Waals surface area contributed by atoms with E-state index in [0.29, 0.717) is 23.2 Å². The molecule has 1 aliphatic heterocycles. The van der Waals surface area contributed by atoms with Crippen molar-refractivity contribution in [1.29, 1.82) is 5.26 Å². The van der Waals surface area contributed by atoms with Crippen LogP contribution in [0.2, 0.25) is 0 Å². The van der Waals surface area contributed by atoms with Gasteiger partial charge >= 0.3 is 6.03 Å². The topological polar surface area (TPSA) is 170 Å². The van der Waals surface area contributed by atoms with Crippen LogP contribution in [-0.4, -0.2) is 36.2 Å². The second-order valence-corrected chi connectivity index (χ2v) is 7.58. The monoisotopic (exact) mass is 457 g/mol. The number of imidazole rings is 1. The SMILES string of the molecule is N#Cc1cccc(NC(=O)N2Cc3[nH]cnc3C[C@H]2c2nc(-c3cccc(N([O-])O)c3)no2)c1. The lowest BCUT2D eigenvalue weighted by Gasteiger charge is -2.32. The van der Waals surface area contributed by atoms with Gasteiger partial charge in [0.15, 0.2) is 0 Å². The van der Waals surface area contributed by atoms with E-state index < -0.39 is 12.1 Å². The number of fused-ring (bicyclic) bond motifs is 1. The summed E-state index contributed by atoms with van der Waals surface area (Å²) >= 11 is 0. The van der Waals surface area contributed by atoms with Gasteiger partial charge in [0, 0.05) is 17.7 Å². The number of rotatable bonds is 4. The molecule has 2 amide bonds. The Morgan fingerprint density at radius 3 is 3.00 bits per heavy atom. The standard InChI is InChI=1S/C22H17N8O4/c23-10-13-3-1-5-15(7-13)26-22(31)29-11-18-17(24-12-25-18)9-19(29)21-27-20(28-34-21)14-4-2-6-16(8-14)30(32)33/h1-8,12,19,32H,9,11H2,(H,24,25)(H,26,31)/q-1/t19-/m0/s1. The summed E-state index contributed by atoms with van der Waals surface area (Å²) in [4.78, 5) is 26.6. The number of urea groups is 1. The lowest BCUT2D eigenvalue weighted by Crippen LogP contribution is -2.41. The Kier molecular flexibility index (Phi) is 5.38. The molecule has 3 heterocycles. The number of nitriles is 1. The molecule has 1 aliphatic rings. The number of aromatic nitrogens is 4. The fourth-order valence-electron chi connectivity index (χ4n) is 3.78. The minimum atomic E-state index is -0.603. The third kappa shape index (κ3) is 4.04. The smallest absolute Gasteiger partial charge is 0.322 e. The number of H-pyrrole nitrogens is 1. The van der Waals surface area contributed by atoms with Crippen LogP contribution in [0.3, 0.4) is 0 Å². The van der Waals surface area contributed by atoms with Crippen LogP contribution in [0, 0.1) is 16.5 Å². The summed E-state index contributed by atoms with van der Waals surface area (Å²) in [6.45, 7) is 0.229. The number of hydrogen-bond acceptors (Lipinski definition) is 9. The van der Waals surface area contributed by atoms with Crippen LogP contribution in [0.15, 0.2) is 59.4 Å². The molecule has 1 atom stereocenters. The van der Waals surface area contributed by atoms with Crippen molar-refractivity contribution in [3.05, 3.63) is 82.9 Å². The van der Waals surface area contributed by atoms with Gasteiger partial charge in [0.25, 0.3) is 0 Å². The Morgan fingerprint density at radius 1 is 1.32 bits per heavy atom. The number of nitrogens with one attached hydrogen (secondary N) is 2. The van der Waals surface area contributed by atoms with E-state index in [1.165, 1.54) is 12.1 Å². The molecule has 170 valence electrons. The van der Waals surface area contributed by atoms with Gasteiger partial charge in [-0.3, -0.25) is 5.21 Å². The molecule has 2 aromatic carbocycles. The summed E-state index contributed by atoms with van der Waals surface area (Å²) in [7, 11) is 0. The fourth-order valence-corrected chi connectivity index (χ4v) is 3.78. The highest BCUT2D eigenvalue weighted by Gasteiger charge is 2.36. The van der Waals surface area contributed by atoms with Crippen LogP contribution < -0.4 is 10.5 Å². The van der Waals surface area contributed by atoms with Crippen LogP contribution >= 0.6 is 0 Å². The van der Waals surface area contributed by atoms with E-state index in [2.05, 4.69) is 25.4 Å². The largest absolute Gasteiger partial charge is 0.733 e. The van der Waals surface area contributed by atoms with Gasteiger partial charge in [-0.15, -0.1) is 0 Å². The normalized spacial score (nSPS) is 14.9. The summed E-state index contributed by atoms with van der Waals surface area (Å²) in [6, 6.07) is 13.7. The van der Waals surface area contributed by atoms with Crippen molar-refractivity contribution in [3.63, 3.8) is 0 Å². The van der Waals surface area contributed by atoms with Crippen molar-refractivity contribution < 1.29 is 14.5 Å². The number of amides is 2. The summed E-state index contributed by atoms with van der Waals surface area (Å²) in [6.07, 6.45) is 1.91. The highest BCUT2D eigenvalue weighted by molar-refractivity contribution is 5.90. The van der Waals surface area contributed by atoms with Crippen molar-refractivity contribution in [2.75, 3.05) is 10.5 Å². The maximum absolute atomic E-state index is 13.2. The van der Waals surface area contributed by atoms with Gasteiger partial charge in [-0.25, -0.2) is 9.78 Å². The predicted octanol–water partition coefficient (Wildman–Crippen LogP) is 3.36. The zero-order chi connectivity index (χ0) is 23.7. The van der Waals surface area contributed by atoms with Gasteiger partial charge < -0.3 is 30.2 Å². The number of carbonyl (C=O) groups is 1. The van der Waals surface area contributed by atoms with Gasteiger partial charge in [-0.2, -0.15) is 10.2 Å². The van der Waals surface area contributed by atoms with E-state index in [4.69, 9.17) is 15.0 Å². The Balaban J connectivity index is 1.45.